The van der Waals surface area contributed by atoms with Crippen LogP contribution in [0.4, 0.5) is 19.0 Å². The highest BCUT2D eigenvalue weighted by Gasteiger charge is 2.28. The van der Waals surface area contributed by atoms with Crippen LogP contribution in [0.2, 0.25) is 0 Å². The number of anilines is 1. The number of ether oxygens (including phenoxy) is 1. The SMILES string of the molecule is Cc1ccc(N2CCC[C@@H](N(C)CCOCC(F)(F)F)C2)nn1. The summed E-state index contributed by atoms with van der Waals surface area (Å²) in [6, 6.07) is 4.17. The lowest BCUT2D eigenvalue weighted by molar-refractivity contribution is -0.174. The monoisotopic (exact) mass is 332 g/mol. The molecular weight excluding hydrogens is 309 g/mol. The minimum atomic E-state index is -4.26. The van der Waals surface area contributed by atoms with Gasteiger partial charge >= 0.3 is 6.18 Å². The summed E-state index contributed by atoms with van der Waals surface area (Å²) in [6.45, 7) is 2.99. The predicted molar refractivity (Wildman–Crippen MR) is 81.5 cm³/mol. The van der Waals surface area contributed by atoms with E-state index in [4.69, 9.17) is 0 Å². The molecule has 23 heavy (non-hydrogen) atoms. The van der Waals surface area contributed by atoms with Crippen molar-refractivity contribution in [2.45, 2.75) is 32.0 Å². The maximum atomic E-state index is 12.0. The number of halogens is 3. The van der Waals surface area contributed by atoms with E-state index in [0.717, 1.165) is 37.4 Å². The van der Waals surface area contributed by atoms with Gasteiger partial charge in [-0.3, -0.25) is 4.90 Å². The van der Waals surface area contributed by atoms with Gasteiger partial charge in [-0.2, -0.15) is 18.3 Å². The normalized spacial score (nSPS) is 19.4. The van der Waals surface area contributed by atoms with Crippen LogP contribution in [0.25, 0.3) is 0 Å². The third-order valence-corrected chi connectivity index (χ3v) is 3.98. The molecule has 1 aliphatic rings. The summed E-state index contributed by atoms with van der Waals surface area (Å²) in [5.74, 6) is 0.849. The lowest BCUT2D eigenvalue weighted by Gasteiger charge is -2.38. The largest absolute Gasteiger partial charge is 0.411 e. The highest BCUT2D eigenvalue weighted by Crippen LogP contribution is 2.20. The molecule has 1 aliphatic heterocycles. The minimum absolute atomic E-state index is 0.0802. The highest BCUT2D eigenvalue weighted by molar-refractivity contribution is 5.38. The van der Waals surface area contributed by atoms with Crippen molar-refractivity contribution < 1.29 is 17.9 Å². The fourth-order valence-corrected chi connectivity index (χ4v) is 2.66. The fourth-order valence-electron chi connectivity index (χ4n) is 2.66. The van der Waals surface area contributed by atoms with Gasteiger partial charge in [0, 0.05) is 25.7 Å². The molecule has 0 amide bonds. The number of likely N-dealkylation sites (N-methyl/N-ethyl adjacent to an activating group) is 1. The van der Waals surface area contributed by atoms with Crippen LogP contribution in [0, 0.1) is 6.92 Å². The van der Waals surface area contributed by atoms with Gasteiger partial charge in [0.05, 0.1) is 12.3 Å². The molecule has 0 bridgehead atoms. The second-order valence-electron chi connectivity index (χ2n) is 5.92. The summed E-state index contributed by atoms with van der Waals surface area (Å²) < 4.78 is 40.8. The van der Waals surface area contributed by atoms with E-state index in [1.165, 1.54) is 0 Å². The molecule has 0 saturated carbocycles. The number of piperidine rings is 1. The lowest BCUT2D eigenvalue weighted by Crippen LogP contribution is -2.47. The molecule has 5 nitrogen and oxygen atoms in total. The quantitative estimate of drug-likeness (QED) is 0.748. The van der Waals surface area contributed by atoms with Crippen LogP contribution in [0.1, 0.15) is 18.5 Å². The van der Waals surface area contributed by atoms with Crippen LogP contribution in [-0.4, -0.2) is 67.2 Å². The average Bonchev–Trinajstić information content (AvgIpc) is 2.51. The first-order chi connectivity index (χ1) is 10.8. The zero-order valence-electron chi connectivity index (χ0n) is 13.5. The van der Waals surface area contributed by atoms with Crippen LogP contribution >= 0.6 is 0 Å². The first kappa shape index (κ1) is 17.9. The molecule has 0 spiro atoms. The number of rotatable bonds is 6. The Balaban J connectivity index is 1.79. The molecular formula is C15H23F3N4O. The molecule has 1 fully saturated rings. The minimum Gasteiger partial charge on any atom is -0.371 e. The summed E-state index contributed by atoms with van der Waals surface area (Å²) in [5.41, 5.74) is 0.876. The Morgan fingerprint density at radius 3 is 2.78 bits per heavy atom. The van der Waals surface area contributed by atoms with Crippen LogP contribution in [0.15, 0.2) is 12.1 Å². The third-order valence-electron chi connectivity index (χ3n) is 3.98. The maximum Gasteiger partial charge on any atom is 0.411 e. The Morgan fingerprint density at radius 1 is 1.35 bits per heavy atom. The summed E-state index contributed by atoms with van der Waals surface area (Å²) >= 11 is 0. The molecule has 2 rings (SSSR count). The zero-order chi connectivity index (χ0) is 16.9. The van der Waals surface area contributed by atoms with E-state index in [2.05, 4.69) is 24.7 Å². The van der Waals surface area contributed by atoms with Gasteiger partial charge in [-0.25, -0.2) is 0 Å². The second-order valence-corrected chi connectivity index (χ2v) is 5.92. The van der Waals surface area contributed by atoms with Crippen LogP contribution in [0.3, 0.4) is 0 Å². The molecule has 1 aromatic heterocycles. The Hall–Kier alpha value is -1.41. The lowest BCUT2D eigenvalue weighted by atomic mass is 10.0. The van der Waals surface area contributed by atoms with Crippen LogP contribution in [0.5, 0.6) is 0 Å². The van der Waals surface area contributed by atoms with Gasteiger partial charge in [0.15, 0.2) is 5.82 Å². The number of aromatic nitrogens is 2. The molecule has 1 atom stereocenters. The fraction of sp³-hybridized carbons (Fsp3) is 0.733. The van der Waals surface area contributed by atoms with E-state index in [-0.39, 0.29) is 12.6 Å². The van der Waals surface area contributed by atoms with Gasteiger partial charge in [-0.05, 0) is 38.9 Å². The van der Waals surface area contributed by atoms with Crippen molar-refractivity contribution in [1.29, 1.82) is 0 Å². The van der Waals surface area contributed by atoms with E-state index in [9.17, 15) is 13.2 Å². The molecule has 0 aliphatic carbocycles. The Labute approximate surface area is 134 Å². The average molecular weight is 332 g/mol. The number of nitrogens with zero attached hydrogens (tertiary/aromatic N) is 4. The smallest absolute Gasteiger partial charge is 0.371 e. The van der Waals surface area contributed by atoms with Gasteiger partial charge in [0.25, 0.3) is 0 Å². The van der Waals surface area contributed by atoms with Crippen molar-refractivity contribution in [1.82, 2.24) is 15.1 Å². The van der Waals surface area contributed by atoms with Crippen molar-refractivity contribution in [3.05, 3.63) is 17.8 Å². The van der Waals surface area contributed by atoms with Gasteiger partial charge in [-0.1, -0.05) is 0 Å². The number of alkyl halides is 3. The van der Waals surface area contributed by atoms with Crippen LogP contribution in [-0.2, 0) is 4.74 Å². The summed E-state index contributed by atoms with van der Waals surface area (Å²) in [4.78, 5) is 4.23. The van der Waals surface area contributed by atoms with Crippen molar-refractivity contribution in [3.8, 4) is 0 Å². The van der Waals surface area contributed by atoms with Crippen molar-refractivity contribution in [2.75, 3.05) is 44.8 Å². The second kappa shape index (κ2) is 7.92. The van der Waals surface area contributed by atoms with Crippen LogP contribution < -0.4 is 4.90 Å². The van der Waals surface area contributed by atoms with Crippen molar-refractivity contribution >= 4 is 5.82 Å². The summed E-state index contributed by atoms with van der Waals surface area (Å²) in [5, 5.41) is 8.28. The van der Waals surface area contributed by atoms with Gasteiger partial charge in [-0.15, -0.1) is 5.10 Å². The Kier molecular flexibility index (Phi) is 6.17. The van der Waals surface area contributed by atoms with E-state index in [1.807, 2.05) is 26.1 Å². The molecule has 0 radical (unpaired) electrons. The third kappa shape index (κ3) is 5.95. The first-order valence-electron chi connectivity index (χ1n) is 7.75. The van der Waals surface area contributed by atoms with E-state index < -0.39 is 12.8 Å². The Bertz CT molecular complexity index is 481. The molecule has 0 unspecified atom stereocenters. The molecule has 8 heteroatoms. The zero-order valence-corrected chi connectivity index (χ0v) is 13.5. The molecule has 0 aromatic carbocycles. The maximum absolute atomic E-state index is 12.0. The van der Waals surface area contributed by atoms with E-state index >= 15 is 0 Å². The number of hydrogen-bond donors (Lipinski definition) is 0. The van der Waals surface area contributed by atoms with E-state index in [0.29, 0.717) is 6.54 Å². The van der Waals surface area contributed by atoms with E-state index in [1.54, 1.807) is 0 Å². The predicted octanol–water partition coefficient (Wildman–Crippen LogP) is 2.26. The highest BCUT2D eigenvalue weighted by atomic mass is 19.4. The molecule has 130 valence electrons. The summed E-state index contributed by atoms with van der Waals surface area (Å²) in [7, 11) is 1.92. The van der Waals surface area contributed by atoms with Gasteiger partial charge in [0.1, 0.15) is 6.61 Å². The molecule has 2 heterocycles. The van der Waals surface area contributed by atoms with Crippen molar-refractivity contribution in [3.63, 3.8) is 0 Å². The standard InChI is InChI=1S/C15H23F3N4O/c1-12-5-6-14(20-19-12)22-7-3-4-13(10-22)21(2)8-9-23-11-15(16,17)18/h5-6,13H,3-4,7-11H2,1-2H3/t13-/m1/s1. The van der Waals surface area contributed by atoms with Gasteiger partial charge in [0.2, 0.25) is 0 Å². The van der Waals surface area contributed by atoms with Crippen molar-refractivity contribution in [2.24, 2.45) is 0 Å². The first-order valence-corrected chi connectivity index (χ1v) is 7.75. The topological polar surface area (TPSA) is 41.5 Å². The number of aryl methyl sites for hydroxylation is 1. The summed E-state index contributed by atoms with van der Waals surface area (Å²) in [6.07, 6.45) is -2.22. The molecule has 1 saturated heterocycles. The molecule has 0 N–H and O–H groups in total. The Morgan fingerprint density at radius 2 is 2.13 bits per heavy atom. The number of hydrogen-bond acceptors (Lipinski definition) is 5. The molecule has 1 aromatic rings. The van der Waals surface area contributed by atoms with Gasteiger partial charge < -0.3 is 9.64 Å².